The maximum absolute atomic E-state index is 5.59. The fourth-order valence-corrected chi connectivity index (χ4v) is 1.97. The molecule has 3 rings (SSSR count). The molecule has 0 saturated heterocycles. The lowest BCUT2D eigenvalue weighted by molar-refractivity contribution is 1.13. The highest BCUT2D eigenvalue weighted by molar-refractivity contribution is 5.65. The fraction of sp³-hybridized carbons (Fsp3) is 0.250. The number of nitrogens with two attached hydrogens (primary N) is 1. The van der Waals surface area contributed by atoms with Gasteiger partial charge in [0.2, 0.25) is 0 Å². The number of hydrogen-bond donors (Lipinski definition) is 2. The van der Waals surface area contributed by atoms with E-state index in [4.69, 9.17) is 5.73 Å². The van der Waals surface area contributed by atoms with Crippen molar-refractivity contribution < 1.29 is 0 Å². The number of nitrogens with one attached hydrogen (secondary N) is 1. The van der Waals surface area contributed by atoms with Crippen LogP contribution in [0.5, 0.6) is 0 Å². The summed E-state index contributed by atoms with van der Waals surface area (Å²) in [6.07, 6.45) is 4.41. The van der Waals surface area contributed by atoms with Crippen molar-refractivity contribution in [2.24, 2.45) is 0 Å². The molecular weight excluding hydrogens is 186 g/mol. The van der Waals surface area contributed by atoms with Crippen LogP contribution in [0.4, 0.5) is 5.95 Å². The van der Waals surface area contributed by atoms with Gasteiger partial charge in [-0.1, -0.05) is 24.3 Å². The maximum atomic E-state index is 5.59. The van der Waals surface area contributed by atoms with Gasteiger partial charge in [0.1, 0.15) is 0 Å². The molecule has 0 amide bonds. The lowest BCUT2D eigenvalue weighted by Gasteiger charge is -2.05. The fourth-order valence-electron chi connectivity index (χ4n) is 1.97. The average molecular weight is 199 g/mol. The lowest BCUT2D eigenvalue weighted by atomic mass is 10.0. The number of rotatable bonds is 2. The summed E-state index contributed by atoms with van der Waals surface area (Å²) in [4.78, 5) is 7.12. The maximum Gasteiger partial charge on any atom is 0.197 e. The van der Waals surface area contributed by atoms with Crippen LogP contribution < -0.4 is 5.73 Å². The highest BCUT2D eigenvalue weighted by atomic mass is 15.0. The van der Waals surface area contributed by atoms with Crippen LogP contribution in [0.1, 0.15) is 24.3 Å². The van der Waals surface area contributed by atoms with Crippen LogP contribution in [0.25, 0.3) is 11.3 Å². The van der Waals surface area contributed by atoms with E-state index in [0.717, 1.165) is 11.6 Å². The summed E-state index contributed by atoms with van der Waals surface area (Å²) in [6, 6.07) is 8.47. The molecule has 1 aliphatic rings. The Balaban J connectivity index is 2.10. The van der Waals surface area contributed by atoms with Crippen LogP contribution in [-0.4, -0.2) is 9.97 Å². The second-order valence-electron chi connectivity index (χ2n) is 4.04. The van der Waals surface area contributed by atoms with Gasteiger partial charge in [-0.25, -0.2) is 4.98 Å². The normalized spacial score (nSPS) is 15.5. The molecule has 3 N–H and O–H groups in total. The number of aromatic amines is 1. The van der Waals surface area contributed by atoms with E-state index < -0.39 is 0 Å². The van der Waals surface area contributed by atoms with E-state index in [1.807, 2.05) is 0 Å². The molecule has 1 aliphatic carbocycles. The molecule has 0 aliphatic heterocycles. The van der Waals surface area contributed by atoms with Crippen molar-refractivity contribution >= 4 is 5.95 Å². The highest BCUT2D eigenvalue weighted by Crippen LogP contribution is 2.43. The first kappa shape index (κ1) is 8.53. The molecule has 3 nitrogen and oxygen atoms in total. The second kappa shape index (κ2) is 3.12. The van der Waals surface area contributed by atoms with E-state index in [1.165, 1.54) is 24.0 Å². The highest BCUT2D eigenvalue weighted by Gasteiger charge is 2.26. The predicted molar refractivity (Wildman–Crippen MR) is 60.4 cm³/mol. The number of aromatic nitrogens is 2. The van der Waals surface area contributed by atoms with Crippen molar-refractivity contribution in [2.75, 3.05) is 5.73 Å². The number of H-pyrrole nitrogens is 1. The minimum atomic E-state index is 0.482. The van der Waals surface area contributed by atoms with Gasteiger partial charge in [-0.2, -0.15) is 0 Å². The Bertz CT molecular complexity index is 483. The molecule has 0 spiro atoms. The molecule has 15 heavy (non-hydrogen) atoms. The molecule has 76 valence electrons. The summed E-state index contributed by atoms with van der Waals surface area (Å²) < 4.78 is 0. The molecule has 0 radical (unpaired) electrons. The number of hydrogen-bond acceptors (Lipinski definition) is 2. The number of benzene rings is 1. The molecule has 0 atom stereocenters. The van der Waals surface area contributed by atoms with E-state index in [9.17, 15) is 0 Å². The number of imidazole rings is 1. The van der Waals surface area contributed by atoms with Gasteiger partial charge in [-0.3, -0.25) is 0 Å². The predicted octanol–water partition coefficient (Wildman–Crippen LogP) is 2.54. The molecule has 0 unspecified atom stereocenters. The van der Waals surface area contributed by atoms with Gasteiger partial charge in [0.25, 0.3) is 0 Å². The molecule has 1 fully saturated rings. The van der Waals surface area contributed by atoms with Gasteiger partial charge in [0.05, 0.1) is 11.9 Å². The van der Waals surface area contributed by atoms with Gasteiger partial charge < -0.3 is 10.7 Å². The first-order valence-corrected chi connectivity index (χ1v) is 5.24. The van der Waals surface area contributed by atoms with E-state index in [2.05, 4.69) is 34.2 Å². The molecule has 2 aromatic rings. The van der Waals surface area contributed by atoms with Gasteiger partial charge >= 0.3 is 0 Å². The molecular formula is C12H13N3. The largest absolute Gasteiger partial charge is 0.369 e. The zero-order valence-corrected chi connectivity index (χ0v) is 8.40. The molecule has 3 heteroatoms. The summed E-state index contributed by atoms with van der Waals surface area (Å²) in [5.41, 5.74) is 9.27. The van der Waals surface area contributed by atoms with Crippen LogP contribution in [-0.2, 0) is 0 Å². The summed E-state index contributed by atoms with van der Waals surface area (Å²) in [7, 11) is 0. The Morgan fingerprint density at radius 2 is 2.07 bits per heavy atom. The van der Waals surface area contributed by atoms with E-state index in [1.54, 1.807) is 6.20 Å². The molecule has 1 aromatic carbocycles. The van der Waals surface area contributed by atoms with Gasteiger partial charge in [-0.05, 0) is 24.3 Å². The van der Waals surface area contributed by atoms with Crippen LogP contribution in [0, 0.1) is 0 Å². The standard InChI is InChI=1S/C12H13N3/c13-12-14-7-11(15-12)10-4-2-1-3-9(10)8-5-6-8/h1-4,7-8H,5-6H2,(H3,13,14,15). The molecule has 1 aromatic heterocycles. The van der Waals surface area contributed by atoms with Gasteiger partial charge in [0, 0.05) is 5.56 Å². The topological polar surface area (TPSA) is 54.7 Å². The van der Waals surface area contributed by atoms with Crippen molar-refractivity contribution in [1.82, 2.24) is 9.97 Å². The third-order valence-electron chi connectivity index (χ3n) is 2.86. The molecule has 1 heterocycles. The van der Waals surface area contributed by atoms with E-state index in [0.29, 0.717) is 5.95 Å². The Labute approximate surface area is 88.3 Å². The van der Waals surface area contributed by atoms with Crippen molar-refractivity contribution in [3.63, 3.8) is 0 Å². The van der Waals surface area contributed by atoms with Gasteiger partial charge in [-0.15, -0.1) is 0 Å². The van der Waals surface area contributed by atoms with Gasteiger partial charge in [0.15, 0.2) is 5.95 Å². The molecule has 0 bridgehead atoms. The Hall–Kier alpha value is -1.77. The lowest BCUT2D eigenvalue weighted by Crippen LogP contribution is -1.88. The summed E-state index contributed by atoms with van der Waals surface area (Å²) in [6.45, 7) is 0. The molecule has 1 saturated carbocycles. The zero-order chi connectivity index (χ0) is 10.3. The first-order chi connectivity index (χ1) is 7.34. The number of anilines is 1. The SMILES string of the molecule is Nc1ncc(-c2ccccc2C2CC2)[nH]1. The summed E-state index contributed by atoms with van der Waals surface area (Å²) in [5, 5.41) is 0. The third kappa shape index (κ3) is 1.50. The summed E-state index contributed by atoms with van der Waals surface area (Å²) >= 11 is 0. The van der Waals surface area contributed by atoms with E-state index in [-0.39, 0.29) is 0 Å². The van der Waals surface area contributed by atoms with Crippen molar-refractivity contribution in [1.29, 1.82) is 0 Å². The zero-order valence-electron chi connectivity index (χ0n) is 8.40. The van der Waals surface area contributed by atoms with Crippen molar-refractivity contribution in [3.8, 4) is 11.3 Å². The average Bonchev–Trinajstić information content (AvgIpc) is 3.02. The minimum Gasteiger partial charge on any atom is -0.369 e. The smallest absolute Gasteiger partial charge is 0.197 e. The number of nitrogen functional groups attached to an aromatic ring is 1. The van der Waals surface area contributed by atoms with Crippen LogP contribution in [0.15, 0.2) is 30.5 Å². The summed E-state index contributed by atoms with van der Waals surface area (Å²) in [5.74, 6) is 1.22. The first-order valence-electron chi connectivity index (χ1n) is 5.24. The monoisotopic (exact) mass is 199 g/mol. The third-order valence-corrected chi connectivity index (χ3v) is 2.86. The Kier molecular flexibility index (Phi) is 1.78. The van der Waals surface area contributed by atoms with E-state index >= 15 is 0 Å². The van der Waals surface area contributed by atoms with Crippen molar-refractivity contribution in [3.05, 3.63) is 36.0 Å². The van der Waals surface area contributed by atoms with Crippen LogP contribution >= 0.6 is 0 Å². The second-order valence-corrected chi connectivity index (χ2v) is 4.04. The van der Waals surface area contributed by atoms with Crippen molar-refractivity contribution in [2.45, 2.75) is 18.8 Å². The number of nitrogens with zero attached hydrogens (tertiary/aromatic N) is 1. The minimum absolute atomic E-state index is 0.482. The Morgan fingerprint density at radius 1 is 1.27 bits per heavy atom. The van der Waals surface area contributed by atoms with Crippen LogP contribution in [0.3, 0.4) is 0 Å². The Morgan fingerprint density at radius 3 is 2.73 bits per heavy atom. The van der Waals surface area contributed by atoms with Crippen LogP contribution in [0.2, 0.25) is 0 Å². The quantitative estimate of drug-likeness (QED) is 0.780.